The Morgan fingerprint density at radius 2 is 1.71 bits per heavy atom. The van der Waals surface area contributed by atoms with Crippen molar-refractivity contribution in [2.75, 3.05) is 0 Å². The van der Waals surface area contributed by atoms with E-state index < -0.39 is 0 Å². The Kier molecular flexibility index (Phi) is 4.64. The molecule has 0 unspecified atom stereocenters. The first-order chi connectivity index (χ1) is 8.29. The molecule has 0 spiro atoms. The second-order valence-corrected chi connectivity index (χ2v) is 5.40. The Labute approximate surface area is 104 Å². The van der Waals surface area contributed by atoms with Crippen LogP contribution in [0.25, 0.3) is 0 Å². The van der Waals surface area contributed by atoms with Gasteiger partial charge in [-0.05, 0) is 50.9 Å². The van der Waals surface area contributed by atoms with Crippen molar-refractivity contribution in [1.29, 1.82) is 0 Å². The summed E-state index contributed by atoms with van der Waals surface area (Å²) in [6.07, 6.45) is 12.9. The van der Waals surface area contributed by atoms with Gasteiger partial charge in [0, 0.05) is 5.57 Å². The molecule has 2 fully saturated rings. The van der Waals surface area contributed by atoms with Crippen LogP contribution < -0.4 is 0 Å². The fourth-order valence-corrected chi connectivity index (χ4v) is 2.97. The van der Waals surface area contributed by atoms with Gasteiger partial charge in [-0.1, -0.05) is 25.8 Å². The summed E-state index contributed by atoms with van der Waals surface area (Å²) < 4.78 is 5.57. The van der Waals surface area contributed by atoms with Gasteiger partial charge < -0.3 is 4.74 Å². The van der Waals surface area contributed by atoms with Gasteiger partial charge in [-0.25, -0.2) is 4.79 Å². The zero-order valence-corrected chi connectivity index (χ0v) is 10.9. The lowest BCUT2D eigenvalue weighted by atomic mass is 10.0. The van der Waals surface area contributed by atoms with Crippen LogP contribution in [0.5, 0.6) is 0 Å². The van der Waals surface area contributed by atoms with Crippen molar-refractivity contribution in [3.8, 4) is 0 Å². The third-order valence-electron chi connectivity index (χ3n) is 4.06. The third kappa shape index (κ3) is 3.58. The van der Waals surface area contributed by atoms with E-state index in [2.05, 4.69) is 13.0 Å². The van der Waals surface area contributed by atoms with Crippen molar-refractivity contribution in [3.63, 3.8) is 0 Å². The molecule has 0 atom stereocenters. The third-order valence-corrected chi connectivity index (χ3v) is 4.06. The average molecular weight is 236 g/mol. The van der Waals surface area contributed by atoms with E-state index >= 15 is 0 Å². The topological polar surface area (TPSA) is 26.3 Å². The Morgan fingerprint density at radius 1 is 1.12 bits per heavy atom. The number of carbonyl (C=O) groups is 1. The fraction of sp³-hybridized carbons (Fsp3) is 0.800. The minimum Gasteiger partial charge on any atom is -0.459 e. The van der Waals surface area contributed by atoms with Crippen molar-refractivity contribution in [1.82, 2.24) is 0 Å². The van der Waals surface area contributed by atoms with Gasteiger partial charge in [-0.2, -0.15) is 0 Å². The van der Waals surface area contributed by atoms with E-state index in [9.17, 15) is 4.79 Å². The minimum atomic E-state index is -0.0497. The highest BCUT2D eigenvalue weighted by atomic mass is 16.5. The van der Waals surface area contributed by atoms with Gasteiger partial charge >= 0.3 is 5.97 Å². The SMILES string of the molecule is CCC(=CC1CCCC1)C(=O)OC1CCCC1. The highest BCUT2D eigenvalue weighted by Gasteiger charge is 2.22. The summed E-state index contributed by atoms with van der Waals surface area (Å²) in [6, 6.07) is 0. The monoisotopic (exact) mass is 236 g/mol. The highest BCUT2D eigenvalue weighted by molar-refractivity contribution is 5.88. The largest absolute Gasteiger partial charge is 0.459 e. The molecule has 0 radical (unpaired) electrons. The van der Waals surface area contributed by atoms with Crippen LogP contribution in [0.1, 0.15) is 64.7 Å². The summed E-state index contributed by atoms with van der Waals surface area (Å²) in [7, 11) is 0. The maximum atomic E-state index is 12.0. The standard InChI is InChI=1S/C15H24O2/c1-2-13(11-12-7-3-4-8-12)15(16)17-14-9-5-6-10-14/h11-12,14H,2-10H2,1H3. The van der Waals surface area contributed by atoms with E-state index in [4.69, 9.17) is 4.74 Å². The zero-order chi connectivity index (χ0) is 12.1. The molecule has 0 aromatic rings. The van der Waals surface area contributed by atoms with Gasteiger partial charge in [0.05, 0.1) is 0 Å². The Balaban J connectivity index is 1.89. The summed E-state index contributed by atoms with van der Waals surface area (Å²) in [5.74, 6) is 0.576. The molecule has 2 nitrogen and oxygen atoms in total. The smallest absolute Gasteiger partial charge is 0.333 e. The quantitative estimate of drug-likeness (QED) is 0.545. The molecular weight excluding hydrogens is 212 g/mol. The lowest BCUT2D eigenvalue weighted by molar-refractivity contribution is -0.144. The molecule has 2 saturated carbocycles. The molecule has 2 heteroatoms. The van der Waals surface area contributed by atoms with E-state index in [1.54, 1.807) is 0 Å². The van der Waals surface area contributed by atoms with Crippen molar-refractivity contribution in [2.45, 2.75) is 70.8 Å². The Bertz CT molecular complexity index is 281. The number of ether oxygens (including phenoxy) is 1. The van der Waals surface area contributed by atoms with Crippen LogP contribution in [-0.2, 0) is 9.53 Å². The van der Waals surface area contributed by atoms with Crippen LogP contribution in [0.4, 0.5) is 0 Å². The van der Waals surface area contributed by atoms with E-state index in [0.717, 1.165) is 24.8 Å². The summed E-state index contributed by atoms with van der Waals surface area (Å²) in [4.78, 5) is 12.0. The molecule has 0 aromatic carbocycles. The van der Waals surface area contributed by atoms with Crippen LogP contribution in [0.2, 0.25) is 0 Å². The van der Waals surface area contributed by atoms with Gasteiger partial charge in [0.25, 0.3) is 0 Å². The van der Waals surface area contributed by atoms with E-state index in [1.807, 2.05) is 0 Å². The molecule has 2 aliphatic rings. The van der Waals surface area contributed by atoms with Gasteiger partial charge in [0.2, 0.25) is 0 Å². The second-order valence-electron chi connectivity index (χ2n) is 5.40. The normalized spacial score (nSPS) is 23.2. The van der Waals surface area contributed by atoms with Crippen LogP contribution >= 0.6 is 0 Å². The predicted octanol–water partition coefficient (Wildman–Crippen LogP) is 4.00. The van der Waals surface area contributed by atoms with Crippen molar-refractivity contribution in [3.05, 3.63) is 11.6 Å². The molecule has 0 aliphatic heterocycles. The molecule has 96 valence electrons. The molecule has 0 N–H and O–H groups in total. The second kappa shape index (κ2) is 6.23. The first-order valence-electron chi connectivity index (χ1n) is 7.21. The molecule has 0 aromatic heterocycles. The number of hydrogen-bond donors (Lipinski definition) is 0. The molecular formula is C15H24O2. The van der Waals surface area contributed by atoms with Crippen molar-refractivity contribution < 1.29 is 9.53 Å². The number of hydrogen-bond acceptors (Lipinski definition) is 2. The Hall–Kier alpha value is -0.790. The van der Waals surface area contributed by atoms with E-state index in [-0.39, 0.29) is 12.1 Å². The molecule has 0 saturated heterocycles. The van der Waals surface area contributed by atoms with Crippen LogP contribution in [-0.4, -0.2) is 12.1 Å². The van der Waals surface area contributed by atoms with Gasteiger partial charge in [-0.15, -0.1) is 0 Å². The van der Waals surface area contributed by atoms with Crippen LogP contribution in [0, 0.1) is 5.92 Å². The Morgan fingerprint density at radius 3 is 2.29 bits per heavy atom. The number of allylic oxidation sites excluding steroid dienone is 1. The van der Waals surface area contributed by atoms with Gasteiger partial charge in [-0.3, -0.25) is 0 Å². The van der Waals surface area contributed by atoms with Gasteiger partial charge in [0.1, 0.15) is 6.10 Å². The predicted molar refractivity (Wildman–Crippen MR) is 68.7 cm³/mol. The van der Waals surface area contributed by atoms with E-state index in [0.29, 0.717) is 5.92 Å². The van der Waals surface area contributed by atoms with E-state index in [1.165, 1.54) is 38.5 Å². The summed E-state index contributed by atoms with van der Waals surface area (Å²) in [6.45, 7) is 2.05. The molecule has 2 aliphatic carbocycles. The van der Waals surface area contributed by atoms with Gasteiger partial charge in [0.15, 0.2) is 0 Å². The van der Waals surface area contributed by atoms with Crippen molar-refractivity contribution >= 4 is 5.97 Å². The minimum absolute atomic E-state index is 0.0497. The highest BCUT2D eigenvalue weighted by Crippen LogP contribution is 2.28. The summed E-state index contributed by atoms with van der Waals surface area (Å²) >= 11 is 0. The van der Waals surface area contributed by atoms with Crippen LogP contribution in [0.15, 0.2) is 11.6 Å². The maximum absolute atomic E-state index is 12.0. The zero-order valence-electron chi connectivity index (χ0n) is 10.9. The maximum Gasteiger partial charge on any atom is 0.333 e. The van der Waals surface area contributed by atoms with Crippen molar-refractivity contribution in [2.24, 2.45) is 5.92 Å². The average Bonchev–Trinajstić information content (AvgIpc) is 2.97. The molecule has 0 bridgehead atoms. The summed E-state index contributed by atoms with van der Waals surface area (Å²) in [5, 5.41) is 0. The first kappa shape index (κ1) is 12.7. The lowest BCUT2D eigenvalue weighted by Gasteiger charge is -2.13. The summed E-state index contributed by atoms with van der Waals surface area (Å²) in [5.41, 5.74) is 0.906. The number of carbonyl (C=O) groups excluding carboxylic acids is 1. The molecule has 0 amide bonds. The molecule has 17 heavy (non-hydrogen) atoms. The van der Waals surface area contributed by atoms with Crippen LogP contribution in [0.3, 0.4) is 0 Å². The number of rotatable bonds is 4. The molecule has 2 rings (SSSR count). The molecule has 0 heterocycles. The fourth-order valence-electron chi connectivity index (χ4n) is 2.97. The lowest BCUT2D eigenvalue weighted by Crippen LogP contribution is -2.16. The first-order valence-corrected chi connectivity index (χ1v) is 7.21. The number of esters is 1.